The molecule has 146 valence electrons. The maximum Gasteiger partial charge on any atom is 0.172 e. The predicted octanol–water partition coefficient (Wildman–Crippen LogP) is 3.46. The molecule has 28 heavy (non-hydrogen) atoms. The van der Waals surface area contributed by atoms with E-state index in [1.807, 2.05) is 13.0 Å². The normalized spacial score (nSPS) is 15.2. The fraction of sp³-hybridized carbons (Fsp3) is 0.350. The number of hydrogen-bond donors (Lipinski definition) is 0. The van der Waals surface area contributed by atoms with Crippen LogP contribution in [-0.4, -0.2) is 53.1 Å². The zero-order chi connectivity index (χ0) is 19.7. The number of aromatic nitrogens is 3. The van der Waals surface area contributed by atoms with Crippen LogP contribution in [0, 0.1) is 12.7 Å². The van der Waals surface area contributed by atoms with E-state index in [9.17, 15) is 4.39 Å². The van der Waals surface area contributed by atoms with Crippen LogP contribution in [0.2, 0.25) is 5.15 Å². The molecule has 2 aromatic heterocycles. The zero-order valence-corrected chi connectivity index (χ0v) is 16.6. The van der Waals surface area contributed by atoms with Crippen LogP contribution < -0.4 is 9.64 Å². The SMILES string of the molecule is COc1ccc(CN2CCN(c3nc4cc(C)ncc4nc3Cl)CC2)c(F)c1. The van der Waals surface area contributed by atoms with Gasteiger partial charge in [-0.3, -0.25) is 9.88 Å². The van der Waals surface area contributed by atoms with Gasteiger partial charge in [-0.2, -0.15) is 0 Å². The van der Waals surface area contributed by atoms with Gasteiger partial charge in [0.25, 0.3) is 0 Å². The number of anilines is 1. The number of fused-ring (bicyclic) bond motifs is 1. The van der Waals surface area contributed by atoms with Gasteiger partial charge in [0.15, 0.2) is 11.0 Å². The van der Waals surface area contributed by atoms with Crippen molar-refractivity contribution in [2.75, 3.05) is 38.2 Å². The molecular formula is C20H21ClFN5O. The fourth-order valence-electron chi connectivity index (χ4n) is 3.37. The number of hydrogen-bond acceptors (Lipinski definition) is 6. The highest BCUT2D eigenvalue weighted by molar-refractivity contribution is 6.32. The highest BCUT2D eigenvalue weighted by atomic mass is 35.5. The Balaban J connectivity index is 1.45. The van der Waals surface area contributed by atoms with Crippen LogP contribution in [-0.2, 0) is 6.54 Å². The van der Waals surface area contributed by atoms with Gasteiger partial charge in [-0.1, -0.05) is 17.7 Å². The van der Waals surface area contributed by atoms with Crippen molar-refractivity contribution in [3.8, 4) is 5.75 Å². The molecule has 8 heteroatoms. The Kier molecular flexibility index (Phi) is 5.28. The van der Waals surface area contributed by atoms with Gasteiger partial charge in [0.1, 0.15) is 17.1 Å². The molecular weight excluding hydrogens is 381 g/mol. The summed E-state index contributed by atoms with van der Waals surface area (Å²) in [6.07, 6.45) is 1.69. The van der Waals surface area contributed by atoms with E-state index in [1.165, 1.54) is 13.2 Å². The molecule has 1 fully saturated rings. The monoisotopic (exact) mass is 401 g/mol. The molecule has 0 bridgehead atoms. The van der Waals surface area contributed by atoms with Crippen LogP contribution in [0.25, 0.3) is 11.0 Å². The summed E-state index contributed by atoms with van der Waals surface area (Å²) in [4.78, 5) is 17.7. The summed E-state index contributed by atoms with van der Waals surface area (Å²) in [5.74, 6) is 0.977. The Morgan fingerprint density at radius 1 is 1.11 bits per heavy atom. The van der Waals surface area contributed by atoms with Crippen molar-refractivity contribution >= 4 is 28.5 Å². The summed E-state index contributed by atoms with van der Waals surface area (Å²) in [6.45, 7) is 5.56. The quantitative estimate of drug-likeness (QED) is 0.667. The molecule has 1 aromatic carbocycles. The van der Waals surface area contributed by atoms with Gasteiger partial charge in [0.05, 0.1) is 18.8 Å². The van der Waals surface area contributed by atoms with E-state index in [0.717, 1.165) is 37.4 Å². The summed E-state index contributed by atoms with van der Waals surface area (Å²) in [7, 11) is 1.53. The molecule has 3 heterocycles. The van der Waals surface area contributed by atoms with Gasteiger partial charge < -0.3 is 9.64 Å². The molecule has 0 atom stereocenters. The van der Waals surface area contributed by atoms with Crippen molar-refractivity contribution in [1.82, 2.24) is 19.9 Å². The third-order valence-corrected chi connectivity index (χ3v) is 5.21. The number of pyridine rings is 1. The van der Waals surface area contributed by atoms with Gasteiger partial charge >= 0.3 is 0 Å². The van der Waals surface area contributed by atoms with E-state index in [2.05, 4.69) is 19.8 Å². The standard InChI is InChI=1S/C20H21ClFN5O/c1-13-9-17-18(11-23-13)24-19(21)20(25-17)27-7-5-26(6-8-27)12-14-3-4-15(28-2)10-16(14)22/h3-4,9-11H,5-8,12H2,1-2H3. The van der Waals surface area contributed by atoms with E-state index in [1.54, 1.807) is 18.3 Å². The lowest BCUT2D eigenvalue weighted by Gasteiger charge is -2.35. The van der Waals surface area contributed by atoms with Crippen LogP contribution in [0.4, 0.5) is 10.2 Å². The summed E-state index contributed by atoms with van der Waals surface area (Å²) in [5.41, 5.74) is 3.03. The predicted molar refractivity (Wildman–Crippen MR) is 108 cm³/mol. The number of rotatable bonds is 4. The minimum absolute atomic E-state index is 0.241. The van der Waals surface area contributed by atoms with Crippen LogP contribution in [0.1, 0.15) is 11.3 Å². The van der Waals surface area contributed by atoms with Crippen LogP contribution >= 0.6 is 11.6 Å². The first-order valence-corrected chi connectivity index (χ1v) is 9.51. The first kappa shape index (κ1) is 18.8. The first-order chi connectivity index (χ1) is 13.5. The zero-order valence-electron chi connectivity index (χ0n) is 15.8. The molecule has 1 aliphatic heterocycles. The smallest absolute Gasteiger partial charge is 0.172 e. The van der Waals surface area contributed by atoms with Crippen LogP contribution in [0.3, 0.4) is 0 Å². The Hall–Kier alpha value is -2.51. The minimum atomic E-state index is -0.241. The molecule has 0 unspecified atom stereocenters. The molecule has 1 aliphatic rings. The van der Waals surface area contributed by atoms with E-state index in [4.69, 9.17) is 21.3 Å². The van der Waals surface area contributed by atoms with Gasteiger partial charge in [-0.05, 0) is 19.1 Å². The Labute approximate surface area is 167 Å². The minimum Gasteiger partial charge on any atom is -0.497 e. The largest absolute Gasteiger partial charge is 0.497 e. The summed E-state index contributed by atoms with van der Waals surface area (Å²) >= 11 is 6.37. The molecule has 0 aliphatic carbocycles. The average molecular weight is 402 g/mol. The second-order valence-electron chi connectivity index (χ2n) is 6.87. The Morgan fingerprint density at radius 2 is 1.89 bits per heavy atom. The van der Waals surface area contributed by atoms with Crippen molar-refractivity contribution < 1.29 is 9.13 Å². The number of piperazine rings is 1. The fourth-order valence-corrected chi connectivity index (χ4v) is 3.63. The van der Waals surface area contributed by atoms with Crippen molar-refractivity contribution in [3.63, 3.8) is 0 Å². The maximum absolute atomic E-state index is 14.2. The van der Waals surface area contributed by atoms with Crippen molar-refractivity contribution in [2.24, 2.45) is 0 Å². The third-order valence-electron chi connectivity index (χ3n) is 4.95. The number of nitrogens with zero attached hydrogens (tertiary/aromatic N) is 5. The molecule has 0 saturated carbocycles. The van der Waals surface area contributed by atoms with Crippen molar-refractivity contribution in [2.45, 2.75) is 13.5 Å². The first-order valence-electron chi connectivity index (χ1n) is 9.13. The van der Waals surface area contributed by atoms with Crippen molar-refractivity contribution in [1.29, 1.82) is 0 Å². The number of benzene rings is 1. The van der Waals surface area contributed by atoms with Gasteiger partial charge in [0, 0.05) is 50.0 Å². The highest BCUT2D eigenvalue weighted by Gasteiger charge is 2.22. The second kappa shape index (κ2) is 7.85. The molecule has 1 saturated heterocycles. The van der Waals surface area contributed by atoms with Crippen LogP contribution in [0.5, 0.6) is 5.75 Å². The number of halogens is 2. The topological polar surface area (TPSA) is 54.4 Å². The van der Waals surface area contributed by atoms with Gasteiger partial charge in [-0.25, -0.2) is 14.4 Å². The maximum atomic E-state index is 14.2. The lowest BCUT2D eigenvalue weighted by atomic mass is 10.1. The molecule has 3 aromatic rings. The van der Waals surface area contributed by atoms with E-state index < -0.39 is 0 Å². The summed E-state index contributed by atoms with van der Waals surface area (Å²) < 4.78 is 19.3. The Bertz CT molecular complexity index is 1010. The Morgan fingerprint density at radius 3 is 2.61 bits per heavy atom. The molecule has 0 spiro atoms. The van der Waals surface area contributed by atoms with Gasteiger partial charge in [-0.15, -0.1) is 0 Å². The molecule has 0 amide bonds. The van der Waals surface area contributed by atoms with Gasteiger partial charge in [0.2, 0.25) is 0 Å². The summed E-state index contributed by atoms with van der Waals surface area (Å²) in [5, 5.41) is 0.382. The second-order valence-corrected chi connectivity index (χ2v) is 7.23. The summed E-state index contributed by atoms with van der Waals surface area (Å²) in [6, 6.07) is 6.90. The van der Waals surface area contributed by atoms with Crippen LogP contribution in [0.15, 0.2) is 30.5 Å². The lowest BCUT2D eigenvalue weighted by Crippen LogP contribution is -2.46. The molecule has 6 nitrogen and oxygen atoms in total. The molecule has 4 rings (SSSR count). The van der Waals surface area contributed by atoms with E-state index in [-0.39, 0.29) is 5.82 Å². The molecule has 0 radical (unpaired) electrons. The molecule has 0 N–H and O–H groups in total. The average Bonchev–Trinajstić information content (AvgIpc) is 2.70. The highest BCUT2D eigenvalue weighted by Crippen LogP contribution is 2.26. The van der Waals surface area contributed by atoms with E-state index in [0.29, 0.717) is 34.3 Å². The van der Waals surface area contributed by atoms with Crippen molar-refractivity contribution in [3.05, 3.63) is 52.7 Å². The third kappa shape index (κ3) is 3.86. The number of ether oxygens (including phenoxy) is 1. The van der Waals surface area contributed by atoms with E-state index >= 15 is 0 Å². The lowest BCUT2D eigenvalue weighted by molar-refractivity contribution is 0.246. The number of aryl methyl sites for hydroxylation is 1. The number of methoxy groups -OCH3 is 1.